The third-order valence-electron chi connectivity index (χ3n) is 6.46. The van der Waals surface area contributed by atoms with Crippen LogP contribution < -0.4 is 10.2 Å². The quantitative estimate of drug-likeness (QED) is 0.554. The van der Waals surface area contributed by atoms with Crippen molar-refractivity contribution < 1.29 is 15.4 Å². The Morgan fingerprint density at radius 2 is 1.51 bits per heavy atom. The maximum atomic E-state index is 14.8. The van der Waals surface area contributed by atoms with Gasteiger partial charge >= 0.3 is 0 Å². The van der Waals surface area contributed by atoms with Crippen molar-refractivity contribution in [2.45, 2.75) is 12.5 Å². The maximum absolute atomic E-state index is 14.8. The number of nitrogens with one attached hydrogen (secondary N) is 1. The highest BCUT2D eigenvalue weighted by molar-refractivity contribution is 6.04. The second-order valence-electron chi connectivity index (χ2n) is 9.33. The number of benzene rings is 3. The molecule has 184 valence electrons. The molecule has 1 fully saturated rings. The average molecular weight is 477 g/mol. The number of hydrogen-bond donors (Lipinski definition) is 1. The fraction of sp³-hybridized carbons (Fsp3) is 0.286. The number of carbonyl (C=O) groups excluding carboxylic acids is 2. The summed E-state index contributed by atoms with van der Waals surface area (Å²) in [6.07, 6.45) is 0.999. The van der Waals surface area contributed by atoms with E-state index in [0.29, 0.717) is 28.5 Å². The zero-order valence-corrected chi connectivity index (χ0v) is 20.6. The van der Waals surface area contributed by atoms with Crippen LogP contribution in [-0.4, -0.2) is 68.9 Å². The van der Waals surface area contributed by atoms with Gasteiger partial charge in [0.15, 0.2) is 0 Å². The summed E-state index contributed by atoms with van der Waals surface area (Å²) in [5, 5.41) is 2.79. The molecule has 1 aliphatic heterocycles. The van der Waals surface area contributed by atoms with E-state index in [1.54, 1.807) is 50.5 Å². The van der Waals surface area contributed by atoms with Crippen molar-refractivity contribution in [3.63, 3.8) is 0 Å². The third kappa shape index (κ3) is 5.52. The molecule has 1 saturated heterocycles. The second kappa shape index (κ2) is 10.3. The first-order valence-corrected chi connectivity index (χ1v) is 11.7. The van der Waals surface area contributed by atoms with Gasteiger partial charge < -0.3 is 20.0 Å². The molecule has 0 aliphatic carbocycles. The zero-order chi connectivity index (χ0) is 25.1. The van der Waals surface area contributed by atoms with Crippen LogP contribution in [0, 0.1) is 5.82 Å². The monoisotopic (exact) mass is 476 g/mol. The van der Waals surface area contributed by atoms with Crippen LogP contribution in [0.4, 0.5) is 15.8 Å². The van der Waals surface area contributed by atoms with Crippen LogP contribution >= 0.6 is 0 Å². The van der Waals surface area contributed by atoms with Gasteiger partial charge in [-0.3, -0.25) is 9.59 Å². The molecule has 1 N–H and O–H groups in total. The van der Waals surface area contributed by atoms with Crippen molar-refractivity contribution in [3.8, 4) is 11.1 Å². The van der Waals surface area contributed by atoms with E-state index in [1.165, 1.54) is 11.0 Å². The normalized spacial score (nSPS) is 15.4. The number of hydrogen-bond acceptors (Lipinski definition) is 4. The standard InChI is InChI=1S/C28H31FN4O2.H2/c1-31(2)24-15-16-33(18-24)26-14-13-23(17-25(26)29)30-27(34)21-9-5-19(6-10-21)20-7-11-22(12-8-20)28(35)32(3)4;/h5-14,17,24H,15-16,18H2,1-4H3,(H,30,34);1H. The highest BCUT2D eigenvalue weighted by Gasteiger charge is 2.26. The highest BCUT2D eigenvalue weighted by Crippen LogP contribution is 2.28. The number of rotatable bonds is 6. The zero-order valence-electron chi connectivity index (χ0n) is 20.6. The summed E-state index contributed by atoms with van der Waals surface area (Å²) in [4.78, 5) is 30.5. The van der Waals surface area contributed by atoms with Gasteiger partial charge in [0.05, 0.1) is 5.69 Å². The minimum absolute atomic E-state index is 0. The van der Waals surface area contributed by atoms with Gasteiger partial charge in [0.25, 0.3) is 11.8 Å². The van der Waals surface area contributed by atoms with Gasteiger partial charge in [0.1, 0.15) is 5.82 Å². The van der Waals surface area contributed by atoms with Crippen LogP contribution in [-0.2, 0) is 0 Å². The van der Waals surface area contributed by atoms with Crippen LogP contribution in [0.15, 0.2) is 66.7 Å². The van der Waals surface area contributed by atoms with Gasteiger partial charge in [-0.1, -0.05) is 24.3 Å². The van der Waals surface area contributed by atoms with Crippen molar-refractivity contribution in [2.75, 3.05) is 51.5 Å². The SMILES string of the molecule is CN(C)C(=O)c1ccc(-c2ccc(C(=O)Nc3ccc(N4CCC(N(C)C)C4)c(F)c3)cc2)cc1.[HH]. The van der Waals surface area contributed by atoms with Gasteiger partial charge in [-0.05, 0) is 74.1 Å². The molecule has 3 aromatic carbocycles. The van der Waals surface area contributed by atoms with Crippen molar-refractivity contribution in [3.05, 3.63) is 83.7 Å². The van der Waals surface area contributed by atoms with E-state index in [-0.39, 0.29) is 19.1 Å². The minimum Gasteiger partial charge on any atom is -0.368 e. The first-order valence-electron chi connectivity index (χ1n) is 11.7. The van der Waals surface area contributed by atoms with Gasteiger partial charge in [0, 0.05) is 51.5 Å². The Labute approximate surface area is 207 Å². The van der Waals surface area contributed by atoms with E-state index in [2.05, 4.69) is 10.2 Å². The van der Waals surface area contributed by atoms with Crippen molar-refractivity contribution in [1.82, 2.24) is 9.80 Å². The van der Waals surface area contributed by atoms with Crippen molar-refractivity contribution in [1.29, 1.82) is 0 Å². The topological polar surface area (TPSA) is 55.9 Å². The number of anilines is 2. The first kappa shape index (κ1) is 24.4. The molecule has 1 aliphatic rings. The lowest BCUT2D eigenvalue weighted by molar-refractivity contribution is 0.0827. The van der Waals surface area contributed by atoms with Crippen LogP contribution in [0.2, 0.25) is 0 Å². The predicted molar refractivity (Wildman–Crippen MR) is 141 cm³/mol. The predicted octanol–water partition coefficient (Wildman–Crippen LogP) is 4.83. The molecule has 4 rings (SSSR count). The molecule has 0 bridgehead atoms. The van der Waals surface area contributed by atoms with E-state index in [4.69, 9.17) is 0 Å². The van der Waals surface area contributed by atoms with E-state index in [0.717, 1.165) is 30.6 Å². The first-order chi connectivity index (χ1) is 16.7. The molecule has 6 nitrogen and oxygen atoms in total. The molecule has 3 aromatic rings. The largest absolute Gasteiger partial charge is 0.368 e. The van der Waals surface area contributed by atoms with Gasteiger partial charge in [-0.25, -0.2) is 4.39 Å². The third-order valence-corrected chi connectivity index (χ3v) is 6.46. The van der Waals surface area contributed by atoms with Crippen molar-refractivity contribution >= 4 is 23.2 Å². The molecule has 0 saturated carbocycles. The van der Waals surface area contributed by atoms with E-state index in [9.17, 15) is 14.0 Å². The fourth-order valence-electron chi connectivity index (χ4n) is 4.30. The van der Waals surface area contributed by atoms with Crippen molar-refractivity contribution in [2.24, 2.45) is 0 Å². The fourth-order valence-corrected chi connectivity index (χ4v) is 4.30. The van der Waals surface area contributed by atoms with Crippen LogP contribution in [0.3, 0.4) is 0 Å². The van der Waals surface area contributed by atoms with Gasteiger partial charge in [-0.15, -0.1) is 0 Å². The molecule has 0 aromatic heterocycles. The molecule has 1 atom stereocenters. The molecule has 7 heteroatoms. The Balaban J connectivity index is 0.00000361. The lowest BCUT2D eigenvalue weighted by Crippen LogP contribution is -2.31. The summed E-state index contributed by atoms with van der Waals surface area (Å²) >= 11 is 0. The maximum Gasteiger partial charge on any atom is 0.255 e. The van der Waals surface area contributed by atoms with Gasteiger partial charge in [-0.2, -0.15) is 0 Å². The Morgan fingerprint density at radius 3 is 2.03 bits per heavy atom. The summed E-state index contributed by atoms with van der Waals surface area (Å²) in [6, 6.07) is 19.8. The lowest BCUT2D eigenvalue weighted by Gasteiger charge is -2.22. The molecule has 1 heterocycles. The molecule has 35 heavy (non-hydrogen) atoms. The van der Waals surface area contributed by atoms with E-state index in [1.807, 2.05) is 43.3 Å². The second-order valence-corrected chi connectivity index (χ2v) is 9.33. The molecule has 1 unspecified atom stereocenters. The number of halogens is 1. The Bertz CT molecular complexity index is 1210. The number of carbonyl (C=O) groups is 2. The summed E-state index contributed by atoms with van der Waals surface area (Å²) in [7, 11) is 7.52. The average Bonchev–Trinajstić information content (AvgIpc) is 3.34. The molecule has 0 radical (unpaired) electrons. The number of nitrogens with zero attached hydrogens (tertiary/aromatic N) is 3. The van der Waals surface area contributed by atoms with Crippen LogP contribution in [0.1, 0.15) is 28.6 Å². The molecular weight excluding hydrogens is 443 g/mol. The molecule has 0 spiro atoms. The Morgan fingerprint density at radius 1 is 0.914 bits per heavy atom. The summed E-state index contributed by atoms with van der Waals surface area (Å²) in [5.41, 5.74) is 3.96. The summed E-state index contributed by atoms with van der Waals surface area (Å²) in [5.74, 6) is -0.690. The smallest absolute Gasteiger partial charge is 0.255 e. The minimum atomic E-state index is -0.339. The highest BCUT2D eigenvalue weighted by atomic mass is 19.1. The van der Waals surface area contributed by atoms with E-state index >= 15 is 0 Å². The van der Waals surface area contributed by atoms with E-state index < -0.39 is 0 Å². The summed E-state index contributed by atoms with van der Waals surface area (Å²) < 4.78 is 14.8. The number of likely N-dealkylation sites (N-methyl/N-ethyl adjacent to an activating group) is 1. The molecule has 2 amide bonds. The van der Waals surface area contributed by atoms with Gasteiger partial charge in [0.2, 0.25) is 0 Å². The lowest BCUT2D eigenvalue weighted by atomic mass is 10.0. The van der Waals surface area contributed by atoms with Crippen LogP contribution in [0.25, 0.3) is 11.1 Å². The Hall–Kier alpha value is -3.71. The summed E-state index contributed by atoms with van der Waals surface area (Å²) in [6.45, 7) is 1.60. The number of amides is 2. The Kier molecular flexibility index (Phi) is 7.17. The molecular formula is C28H33FN4O2. The van der Waals surface area contributed by atoms with Crippen LogP contribution in [0.5, 0.6) is 0 Å².